The van der Waals surface area contributed by atoms with E-state index in [0.717, 1.165) is 22.0 Å². The van der Waals surface area contributed by atoms with Crippen LogP contribution in [0.2, 0.25) is 0 Å². The van der Waals surface area contributed by atoms with Gasteiger partial charge in [-0.1, -0.05) is 48.5 Å². The van der Waals surface area contributed by atoms with Crippen LogP contribution < -0.4 is 14.8 Å². The molecule has 0 aliphatic heterocycles. The number of rotatable bonds is 9. The van der Waals surface area contributed by atoms with Crippen molar-refractivity contribution in [3.05, 3.63) is 95.4 Å². The molecule has 0 bridgehead atoms. The number of aromatic amines is 1. The zero-order valence-corrected chi connectivity index (χ0v) is 18.7. The molecule has 1 atom stereocenters. The van der Waals surface area contributed by atoms with Gasteiger partial charge in [0.1, 0.15) is 5.82 Å². The zero-order valence-electron chi connectivity index (χ0n) is 18.7. The van der Waals surface area contributed by atoms with Crippen LogP contribution in [-0.2, 0) is 11.2 Å². The van der Waals surface area contributed by atoms with E-state index in [-0.39, 0.29) is 24.1 Å². The molecule has 0 spiro atoms. The number of carbonyl (C=O) groups is 1. The van der Waals surface area contributed by atoms with Crippen LogP contribution in [0.5, 0.6) is 11.5 Å². The van der Waals surface area contributed by atoms with Crippen LogP contribution in [0.3, 0.4) is 0 Å². The number of methoxy groups -OCH3 is 2. The largest absolute Gasteiger partial charge is 0.493 e. The smallest absolute Gasteiger partial charge is 0.220 e. The second-order valence-corrected chi connectivity index (χ2v) is 7.82. The summed E-state index contributed by atoms with van der Waals surface area (Å²) >= 11 is 0. The molecule has 4 rings (SSSR count). The molecule has 3 aromatic carbocycles. The lowest BCUT2D eigenvalue weighted by Gasteiger charge is -2.22. The van der Waals surface area contributed by atoms with Gasteiger partial charge >= 0.3 is 0 Å². The number of carbonyl (C=O) groups excluding carboxylic acids is 1. The van der Waals surface area contributed by atoms with Crippen molar-refractivity contribution in [1.29, 1.82) is 0 Å². The number of aryl methyl sites for hydroxylation is 1. The van der Waals surface area contributed by atoms with Gasteiger partial charge in [-0.2, -0.15) is 0 Å². The van der Waals surface area contributed by atoms with Crippen LogP contribution in [0.4, 0.5) is 4.39 Å². The Kier molecular flexibility index (Phi) is 6.93. The first-order valence-electron chi connectivity index (χ1n) is 10.9. The van der Waals surface area contributed by atoms with Crippen LogP contribution in [0.1, 0.15) is 29.0 Å². The Bertz CT molecular complexity index is 1250. The zero-order chi connectivity index (χ0) is 23.2. The van der Waals surface area contributed by atoms with Gasteiger partial charge in [0.05, 0.1) is 14.2 Å². The van der Waals surface area contributed by atoms with Crippen molar-refractivity contribution in [2.24, 2.45) is 0 Å². The number of aromatic nitrogens is 1. The van der Waals surface area contributed by atoms with Crippen molar-refractivity contribution in [3.8, 4) is 11.5 Å². The molecular formula is C27H27FN2O3. The molecule has 1 amide bonds. The normalized spacial score (nSPS) is 11.8. The maximum atomic E-state index is 13.9. The fourth-order valence-electron chi connectivity index (χ4n) is 4.21. The number of halogens is 1. The molecule has 0 radical (unpaired) electrons. The van der Waals surface area contributed by atoms with Gasteiger partial charge in [-0.25, -0.2) is 4.39 Å². The molecule has 0 saturated heterocycles. The molecule has 0 saturated carbocycles. The second kappa shape index (κ2) is 10.2. The summed E-state index contributed by atoms with van der Waals surface area (Å²) in [6.45, 7) is 0.363. The van der Waals surface area contributed by atoms with Crippen molar-refractivity contribution < 1.29 is 18.7 Å². The molecule has 6 heteroatoms. The van der Waals surface area contributed by atoms with Gasteiger partial charge in [-0.15, -0.1) is 0 Å². The molecule has 33 heavy (non-hydrogen) atoms. The fraction of sp³-hybridized carbons (Fsp3) is 0.222. The van der Waals surface area contributed by atoms with E-state index in [2.05, 4.69) is 16.4 Å². The summed E-state index contributed by atoms with van der Waals surface area (Å²) in [5.74, 6) is 0.665. The lowest BCUT2D eigenvalue weighted by Crippen LogP contribution is -2.29. The highest BCUT2D eigenvalue weighted by Crippen LogP contribution is 2.40. The minimum Gasteiger partial charge on any atom is -0.493 e. The van der Waals surface area contributed by atoms with Gasteiger partial charge in [0, 0.05) is 41.5 Å². The molecule has 1 heterocycles. The average Bonchev–Trinajstić information content (AvgIpc) is 3.27. The number of hydrogen-bond acceptors (Lipinski definition) is 3. The summed E-state index contributed by atoms with van der Waals surface area (Å²) in [6, 6.07) is 20.3. The Balaban J connectivity index is 1.60. The molecule has 1 unspecified atom stereocenters. The van der Waals surface area contributed by atoms with Crippen molar-refractivity contribution in [3.63, 3.8) is 0 Å². The van der Waals surface area contributed by atoms with Crippen LogP contribution >= 0.6 is 0 Å². The molecule has 5 nitrogen and oxygen atoms in total. The number of amides is 1. The molecule has 170 valence electrons. The maximum Gasteiger partial charge on any atom is 0.220 e. The number of nitrogens with one attached hydrogen (secondary N) is 2. The minimum absolute atomic E-state index is 0.134. The van der Waals surface area contributed by atoms with Crippen molar-refractivity contribution in [1.82, 2.24) is 10.3 Å². The standard InChI is InChI=1S/C27H27FN2O3/c1-32-25-13-7-10-20(27(25)33-2)22(21-16-29-24-12-6-4-9-19(21)24)17-30-26(31)15-14-18-8-3-5-11-23(18)28/h3-13,16,22,29H,14-15,17H2,1-2H3,(H,30,31). The summed E-state index contributed by atoms with van der Waals surface area (Å²) in [5, 5.41) is 4.12. The highest BCUT2D eigenvalue weighted by Gasteiger charge is 2.24. The first-order valence-corrected chi connectivity index (χ1v) is 10.9. The van der Waals surface area contributed by atoms with E-state index >= 15 is 0 Å². The van der Waals surface area contributed by atoms with Crippen molar-refractivity contribution in [2.75, 3.05) is 20.8 Å². The highest BCUT2D eigenvalue weighted by atomic mass is 19.1. The van der Waals surface area contributed by atoms with E-state index in [9.17, 15) is 9.18 Å². The molecule has 0 aliphatic rings. The fourth-order valence-corrected chi connectivity index (χ4v) is 4.21. The van der Waals surface area contributed by atoms with E-state index in [1.165, 1.54) is 6.07 Å². The van der Waals surface area contributed by atoms with E-state index in [0.29, 0.717) is 30.0 Å². The van der Waals surface area contributed by atoms with Gasteiger partial charge in [-0.3, -0.25) is 4.79 Å². The van der Waals surface area contributed by atoms with Crippen molar-refractivity contribution >= 4 is 16.8 Å². The lowest BCUT2D eigenvalue weighted by atomic mass is 9.89. The minimum atomic E-state index is -0.289. The Hall–Kier alpha value is -3.80. The Morgan fingerprint density at radius 1 is 0.970 bits per heavy atom. The van der Waals surface area contributed by atoms with Gasteiger partial charge in [-0.05, 0) is 35.7 Å². The Morgan fingerprint density at radius 3 is 2.55 bits per heavy atom. The predicted molar refractivity (Wildman–Crippen MR) is 127 cm³/mol. The molecule has 2 N–H and O–H groups in total. The molecule has 0 fully saturated rings. The first kappa shape index (κ1) is 22.4. The highest BCUT2D eigenvalue weighted by molar-refractivity contribution is 5.84. The monoisotopic (exact) mass is 446 g/mol. The number of H-pyrrole nitrogens is 1. The number of para-hydroxylation sites is 2. The Morgan fingerprint density at radius 2 is 1.76 bits per heavy atom. The van der Waals surface area contributed by atoms with Gasteiger partial charge in [0.25, 0.3) is 0 Å². The van der Waals surface area contributed by atoms with Crippen LogP contribution in [0, 0.1) is 5.82 Å². The first-order chi connectivity index (χ1) is 16.1. The molecule has 4 aromatic rings. The second-order valence-electron chi connectivity index (χ2n) is 7.82. The van der Waals surface area contributed by atoms with Gasteiger partial charge < -0.3 is 19.8 Å². The van der Waals surface area contributed by atoms with E-state index in [1.807, 2.05) is 42.6 Å². The van der Waals surface area contributed by atoms with Gasteiger partial charge in [0.15, 0.2) is 11.5 Å². The number of benzene rings is 3. The third kappa shape index (κ3) is 4.85. The SMILES string of the molecule is COc1cccc(C(CNC(=O)CCc2ccccc2F)c2c[nH]c3ccccc23)c1OC. The summed E-state index contributed by atoms with van der Waals surface area (Å²) < 4.78 is 25.1. The van der Waals surface area contributed by atoms with Gasteiger partial charge in [0.2, 0.25) is 5.91 Å². The predicted octanol–water partition coefficient (Wildman–Crippen LogP) is 5.21. The summed E-state index contributed by atoms with van der Waals surface area (Å²) in [5.41, 5.74) is 3.52. The summed E-state index contributed by atoms with van der Waals surface area (Å²) in [6.07, 6.45) is 2.52. The van der Waals surface area contributed by atoms with Crippen LogP contribution in [-0.4, -0.2) is 31.7 Å². The Labute approximate surface area is 192 Å². The molecular weight excluding hydrogens is 419 g/mol. The van der Waals surface area contributed by atoms with E-state index in [4.69, 9.17) is 9.47 Å². The van der Waals surface area contributed by atoms with Crippen molar-refractivity contribution in [2.45, 2.75) is 18.8 Å². The van der Waals surface area contributed by atoms with E-state index < -0.39 is 0 Å². The number of hydrogen-bond donors (Lipinski definition) is 2. The molecule has 0 aliphatic carbocycles. The third-order valence-electron chi connectivity index (χ3n) is 5.89. The topological polar surface area (TPSA) is 63.3 Å². The molecule has 1 aromatic heterocycles. The summed E-state index contributed by atoms with van der Waals surface area (Å²) in [4.78, 5) is 16.0. The van der Waals surface area contributed by atoms with Crippen LogP contribution in [0.15, 0.2) is 72.9 Å². The van der Waals surface area contributed by atoms with Crippen LogP contribution in [0.25, 0.3) is 10.9 Å². The van der Waals surface area contributed by atoms with E-state index in [1.54, 1.807) is 32.4 Å². The number of ether oxygens (including phenoxy) is 2. The lowest BCUT2D eigenvalue weighted by molar-refractivity contribution is -0.121. The summed E-state index contributed by atoms with van der Waals surface area (Å²) in [7, 11) is 3.22. The quantitative estimate of drug-likeness (QED) is 0.371. The average molecular weight is 447 g/mol. The number of fused-ring (bicyclic) bond motifs is 1. The maximum absolute atomic E-state index is 13.9. The third-order valence-corrected chi connectivity index (χ3v) is 5.89.